The second-order valence-corrected chi connectivity index (χ2v) is 6.60. The first-order valence-corrected chi connectivity index (χ1v) is 8.05. The van der Waals surface area contributed by atoms with E-state index in [2.05, 4.69) is 25.8 Å². The topological polar surface area (TPSA) is 106 Å². The fourth-order valence-electron chi connectivity index (χ4n) is 1.74. The number of nitrogens with zero attached hydrogens (tertiary/aromatic N) is 3. The highest BCUT2D eigenvalue weighted by Crippen LogP contribution is 2.29. The lowest BCUT2D eigenvalue weighted by atomic mass is 10.3. The summed E-state index contributed by atoms with van der Waals surface area (Å²) in [7, 11) is 1.57. The third-order valence-electron chi connectivity index (χ3n) is 2.77. The molecule has 0 aliphatic carbocycles. The molecule has 2 N–H and O–H groups in total. The number of rotatable bonds is 3. The molecule has 118 valence electrons. The van der Waals surface area contributed by atoms with Crippen molar-refractivity contribution in [1.29, 1.82) is 0 Å². The molecule has 8 nitrogen and oxygen atoms in total. The van der Waals surface area contributed by atoms with Crippen LogP contribution in [0.1, 0.15) is 5.01 Å². The molecule has 0 bridgehead atoms. The Kier molecular flexibility index (Phi) is 4.17. The van der Waals surface area contributed by atoms with Crippen molar-refractivity contribution in [3.63, 3.8) is 0 Å². The van der Waals surface area contributed by atoms with Crippen LogP contribution in [0.25, 0.3) is 10.2 Å². The van der Waals surface area contributed by atoms with Gasteiger partial charge in [0.2, 0.25) is 5.13 Å². The molecule has 0 fully saturated rings. The molecule has 3 rings (SSSR count). The summed E-state index contributed by atoms with van der Waals surface area (Å²) < 4.78 is 5.98. The van der Waals surface area contributed by atoms with Crippen LogP contribution in [0.2, 0.25) is 0 Å². The lowest BCUT2D eigenvalue weighted by Gasteiger charge is -2.00. The number of hydrogen-bond acceptors (Lipinski definition) is 8. The number of carbonyl (C=O) groups is 2. The number of methoxy groups -OCH3 is 1. The summed E-state index contributed by atoms with van der Waals surface area (Å²) in [6.07, 6.45) is 0. The Morgan fingerprint density at radius 1 is 1.09 bits per heavy atom. The predicted octanol–water partition coefficient (Wildman–Crippen LogP) is 2.04. The monoisotopic (exact) mass is 349 g/mol. The van der Waals surface area contributed by atoms with Crippen molar-refractivity contribution in [3.05, 3.63) is 23.2 Å². The first kappa shape index (κ1) is 15.3. The number of thiazole rings is 1. The van der Waals surface area contributed by atoms with Crippen molar-refractivity contribution < 1.29 is 14.3 Å². The summed E-state index contributed by atoms with van der Waals surface area (Å²) in [6, 6.07) is 5.37. The lowest BCUT2D eigenvalue weighted by molar-refractivity contribution is -0.133. The van der Waals surface area contributed by atoms with E-state index in [9.17, 15) is 9.59 Å². The van der Waals surface area contributed by atoms with Gasteiger partial charge in [0.05, 0.1) is 17.3 Å². The van der Waals surface area contributed by atoms with Gasteiger partial charge >= 0.3 is 11.8 Å². The van der Waals surface area contributed by atoms with Gasteiger partial charge in [-0.25, -0.2) is 4.98 Å². The fourth-order valence-corrected chi connectivity index (χ4v) is 3.22. The quantitative estimate of drug-likeness (QED) is 0.701. The fraction of sp³-hybridized carbons (Fsp3) is 0.154. The highest BCUT2D eigenvalue weighted by atomic mass is 32.1. The minimum atomic E-state index is -0.821. The highest BCUT2D eigenvalue weighted by Gasteiger charge is 2.17. The Labute approximate surface area is 138 Å². The van der Waals surface area contributed by atoms with Crippen LogP contribution in [0, 0.1) is 6.92 Å². The van der Waals surface area contributed by atoms with Crippen LogP contribution in [0.4, 0.5) is 10.3 Å². The molecule has 2 amide bonds. The van der Waals surface area contributed by atoms with Crippen LogP contribution < -0.4 is 15.4 Å². The second kappa shape index (κ2) is 6.26. The zero-order chi connectivity index (χ0) is 16.4. The first-order chi connectivity index (χ1) is 11.0. The zero-order valence-electron chi connectivity index (χ0n) is 12.1. The standard InChI is InChI=1S/C13H11N5O3S2/c1-6-17-18-13(22-6)16-11(20)10(19)15-12-14-8-4-3-7(21-2)5-9(8)23-12/h3-5H,1-2H3,(H,14,15,19)(H,16,18,20). The number of benzene rings is 1. The molecule has 0 saturated carbocycles. The van der Waals surface area contributed by atoms with Gasteiger partial charge in [-0.3, -0.25) is 20.2 Å². The van der Waals surface area contributed by atoms with Gasteiger partial charge in [-0.2, -0.15) is 0 Å². The van der Waals surface area contributed by atoms with Gasteiger partial charge in [0.15, 0.2) is 5.13 Å². The van der Waals surface area contributed by atoms with Gasteiger partial charge < -0.3 is 4.74 Å². The maximum Gasteiger partial charge on any atom is 0.315 e. The molecule has 0 unspecified atom stereocenters. The SMILES string of the molecule is COc1ccc2nc(NC(=O)C(=O)Nc3nnc(C)s3)sc2c1. The van der Waals surface area contributed by atoms with Gasteiger partial charge in [-0.1, -0.05) is 22.7 Å². The number of hydrogen-bond donors (Lipinski definition) is 2. The molecule has 0 saturated heterocycles. The van der Waals surface area contributed by atoms with E-state index in [0.29, 0.717) is 21.4 Å². The van der Waals surface area contributed by atoms with Crippen LogP contribution >= 0.6 is 22.7 Å². The Hall–Kier alpha value is -2.59. The van der Waals surface area contributed by atoms with E-state index in [-0.39, 0.29) is 5.13 Å². The van der Waals surface area contributed by atoms with Gasteiger partial charge in [-0.15, -0.1) is 10.2 Å². The van der Waals surface area contributed by atoms with Gasteiger partial charge in [0.1, 0.15) is 10.8 Å². The molecule has 23 heavy (non-hydrogen) atoms. The molecule has 2 aromatic heterocycles. The highest BCUT2D eigenvalue weighted by molar-refractivity contribution is 7.22. The molecule has 2 heterocycles. The average Bonchev–Trinajstić information content (AvgIpc) is 3.11. The Bertz CT molecular complexity index is 889. The van der Waals surface area contributed by atoms with E-state index in [1.54, 1.807) is 26.2 Å². The minimum absolute atomic E-state index is 0.275. The molecule has 0 aliphatic rings. The summed E-state index contributed by atoms with van der Waals surface area (Å²) in [5.74, 6) is -0.940. The number of aryl methyl sites for hydroxylation is 1. The third-order valence-corrected chi connectivity index (χ3v) is 4.46. The summed E-state index contributed by atoms with van der Waals surface area (Å²) >= 11 is 2.44. The number of nitrogens with one attached hydrogen (secondary N) is 2. The van der Waals surface area contributed by atoms with Crippen molar-refractivity contribution in [1.82, 2.24) is 15.2 Å². The summed E-state index contributed by atoms with van der Waals surface area (Å²) in [6.45, 7) is 1.75. The molecule has 10 heteroatoms. The maximum atomic E-state index is 11.9. The van der Waals surface area contributed by atoms with E-state index in [4.69, 9.17) is 4.74 Å². The largest absolute Gasteiger partial charge is 0.497 e. The summed E-state index contributed by atoms with van der Waals surface area (Å²) in [5, 5.41) is 13.6. The van der Waals surface area contributed by atoms with Gasteiger partial charge in [-0.05, 0) is 25.1 Å². The van der Waals surface area contributed by atoms with Crippen molar-refractivity contribution in [2.75, 3.05) is 17.7 Å². The molecule has 3 aromatic rings. The molecular weight excluding hydrogens is 338 g/mol. The molecule has 0 atom stereocenters. The molecule has 1 aromatic carbocycles. The van der Waals surface area contributed by atoms with Crippen molar-refractivity contribution >= 4 is 55.0 Å². The number of carbonyl (C=O) groups excluding carboxylic acids is 2. The molecular formula is C13H11N5O3S2. The molecule has 0 radical (unpaired) electrons. The van der Waals surface area contributed by atoms with E-state index in [0.717, 1.165) is 4.70 Å². The minimum Gasteiger partial charge on any atom is -0.497 e. The molecule has 0 aliphatic heterocycles. The van der Waals surface area contributed by atoms with Crippen LogP contribution in [0.5, 0.6) is 5.75 Å². The van der Waals surface area contributed by atoms with E-state index >= 15 is 0 Å². The summed E-state index contributed by atoms with van der Waals surface area (Å²) in [4.78, 5) is 28.0. The van der Waals surface area contributed by atoms with E-state index in [1.807, 2.05) is 6.07 Å². The second-order valence-electron chi connectivity index (χ2n) is 4.39. The van der Waals surface area contributed by atoms with Crippen LogP contribution in [0.3, 0.4) is 0 Å². The number of fused-ring (bicyclic) bond motifs is 1. The predicted molar refractivity (Wildman–Crippen MR) is 88.1 cm³/mol. The van der Waals surface area contributed by atoms with Gasteiger partial charge in [0, 0.05) is 0 Å². The average molecular weight is 349 g/mol. The Balaban J connectivity index is 1.70. The van der Waals surface area contributed by atoms with Crippen molar-refractivity contribution in [2.45, 2.75) is 6.92 Å². The zero-order valence-corrected chi connectivity index (χ0v) is 13.7. The Morgan fingerprint density at radius 3 is 2.48 bits per heavy atom. The number of anilines is 2. The van der Waals surface area contributed by atoms with Crippen LogP contribution in [-0.2, 0) is 9.59 Å². The van der Waals surface area contributed by atoms with Gasteiger partial charge in [0.25, 0.3) is 0 Å². The number of aromatic nitrogens is 3. The third kappa shape index (κ3) is 3.43. The van der Waals surface area contributed by atoms with Crippen LogP contribution in [-0.4, -0.2) is 34.1 Å². The normalized spacial score (nSPS) is 10.5. The van der Waals surface area contributed by atoms with Crippen LogP contribution in [0.15, 0.2) is 18.2 Å². The Morgan fingerprint density at radius 2 is 1.83 bits per heavy atom. The summed E-state index contributed by atoms with van der Waals surface area (Å²) in [5.41, 5.74) is 0.714. The number of amides is 2. The lowest BCUT2D eigenvalue weighted by Crippen LogP contribution is -2.28. The van der Waals surface area contributed by atoms with Crippen molar-refractivity contribution in [2.24, 2.45) is 0 Å². The first-order valence-electron chi connectivity index (χ1n) is 6.42. The van der Waals surface area contributed by atoms with E-state index in [1.165, 1.54) is 22.7 Å². The van der Waals surface area contributed by atoms with E-state index < -0.39 is 11.8 Å². The number of ether oxygens (including phenoxy) is 1. The molecule has 0 spiro atoms. The van der Waals surface area contributed by atoms with Crippen molar-refractivity contribution in [3.8, 4) is 5.75 Å². The smallest absolute Gasteiger partial charge is 0.315 e. The maximum absolute atomic E-state index is 11.9.